The van der Waals surface area contributed by atoms with E-state index in [0.29, 0.717) is 6.61 Å². The van der Waals surface area contributed by atoms with Crippen molar-refractivity contribution < 1.29 is 23.0 Å². The van der Waals surface area contributed by atoms with Gasteiger partial charge < -0.3 is 9.47 Å². The molecule has 0 N–H and O–H groups in total. The summed E-state index contributed by atoms with van der Waals surface area (Å²) in [4.78, 5) is 11.6. The van der Waals surface area contributed by atoms with E-state index in [-0.39, 0.29) is 19.3 Å². The quantitative estimate of drug-likeness (QED) is 0.758. The van der Waals surface area contributed by atoms with Crippen molar-refractivity contribution in [3.63, 3.8) is 0 Å². The van der Waals surface area contributed by atoms with Crippen LogP contribution in [0.25, 0.3) is 0 Å². The molecule has 3 nitrogen and oxygen atoms in total. The fraction of sp³-hybridized carbons (Fsp3) is 0.462. The van der Waals surface area contributed by atoms with E-state index >= 15 is 0 Å². The summed E-state index contributed by atoms with van der Waals surface area (Å²) in [7, 11) is 0. The number of hydrogen-bond donors (Lipinski definition) is 0. The molecule has 0 aliphatic carbocycles. The maximum atomic E-state index is 13.3. The van der Waals surface area contributed by atoms with Crippen LogP contribution in [0.15, 0.2) is 18.2 Å². The first-order valence-electron chi connectivity index (χ1n) is 5.85. The van der Waals surface area contributed by atoms with Gasteiger partial charge in [-0.15, -0.1) is 0 Å². The average molecular weight is 256 g/mol. The van der Waals surface area contributed by atoms with Gasteiger partial charge in [-0.05, 0) is 25.0 Å². The van der Waals surface area contributed by atoms with Gasteiger partial charge in [-0.1, -0.05) is 6.07 Å². The number of Topliss-reactive ketones (excluding diaryl/α,β-unsaturated/α-hetero) is 1. The summed E-state index contributed by atoms with van der Waals surface area (Å²) in [5, 5.41) is 0. The van der Waals surface area contributed by atoms with E-state index in [1.54, 1.807) is 0 Å². The van der Waals surface area contributed by atoms with E-state index < -0.39 is 23.0 Å². The van der Waals surface area contributed by atoms with Crippen LogP contribution in [0.1, 0.15) is 23.2 Å². The molecule has 0 radical (unpaired) electrons. The molecule has 1 aliphatic heterocycles. The Kier molecular flexibility index (Phi) is 4.38. The first-order chi connectivity index (χ1) is 8.68. The maximum absolute atomic E-state index is 13.3. The normalized spacial score (nSPS) is 19.1. The molecule has 0 amide bonds. The first kappa shape index (κ1) is 13.1. The molecule has 1 saturated heterocycles. The summed E-state index contributed by atoms with van der Waals surface area (Å²) in [6, 6.07) is 3.32. The standard InChI is InChI=1S/C13H14F2O3/c14-10-4-1-5-11(15)13(10)12(16)8-17-7-9-3-2-6-18-9/h1,4-5,9H,2-3,6-8H2. The molecule has 1 heterocycles. The molecular formula is C13H14F2O3. The molecule has 18 heavy (non-hydrogen) atoms. The van der Waals surface area contributed by atoms with Gasteiger partial charge in [0.2, 0.25) is 0 Å². The van der Waals surface area contributed by atoms with Crippen molar-refractivity contribution in [3.8, 4) is 0 Å². The third-order valence-electron chi connectivity index (χ3n) is 2.80. The second-order valence-electron chi connectivity index (χ2n) is 4.17. The number of halogens is 2. The Hall–Kier alpha value is -1.33. The number of carbonyl (C=O) groups excluding carboxylic acids is 1. The van der Waals surface area contributed by atoms with Crippen LogP contribution in [-0.4, -0.2) is 31.7 Å². The molecular weight excluding hydrogens is 242 g/mol. The van der Waals surface area contributed by atoms with Gasteiger partial charge in [-0.3, -0.25) is 4.79 Å². The van der Waals surface area contributed by atoms with Crippen molar-refractivity contribution in [2.75, 3.05) is 19.8 Å². The van der Waals surface area contributed by atoms with E-state index in [1.165, 1.54) is 6.07 Å². The van der Waals surface area contributed by atoms with Crippen molar-refractivity contribution in [2.45, 2.75) is 18.9 Å². The summed E-state index contributed by atoms with van der Waals surface area (Å²) in [5.74, 6) is -2.41. The zero-order chi connectivity index (χ0) is 13.0. The lowest BCUT2D eigenvalue weighted by Gasteiger charge is -2.10. The minimum absolute atomic E-state index is 0.0109. The second kappa shape index (κ2) is 6.02. The molecule has 98 valence electrons. The highest BCUT2D eigenvalue weighted by molar-refractivity contribution is 5.97. The smallest absolute Gasteiger partial charge is 0.194 e. The Balaban J connectivity index is 1.87. The monoisotopic (exact) mass is 256 g/mol. The van der Waals surface area contributed by atoms with E-state index in [4.69, 9.17) is 9.47 Å². The molecule has 1 aliphatic rings. The molecule has 0 aromatic heterocycles. The summed E-state index contributed by atoms with van der Waals surface area (Å²) in [6.45, 7) is 0.642. The molecule has 0 bridgehead atoms. The van der Waals surface area contributed by atoms with E-state index in [0.717, 1.165) is 25.0 Å². The third kappa shape index (κ3) is 3.11. The lowest BCUT2D eigenvalue weighted by molar-refractivity contribution is 0.0188. The van der Waals surface area contributed by atoms with Gasteiger partial charge in [0.15, 0.2) is 5.78 Å². The molecule has 0 saturated carbocycles. The Bertz CT molecular complexity index is 408. The zero-order valence-corrected chi connectivity index (χ0v) is 9.83. The van der Waals surface area contributed by atoms with Gasteiger partial charge >= 0.3 is 0 Å². The largest absolute Gasteiger partial charge is 0.376 e. The Morgan fingerprint density at radius 3 is 2.72 bits per heavy atom. The number of ketones is 1. The highest BCUT2D eigenvalue weighted by Gasteiger charge is 2.19. The predicted octanol–water partition coefficient (Wildman–Crippen LogP) is 2.34. The van der Waals surface area contributed by atoms with Crippen LogP contribution in [0.5, 0.6) is 0 Å². The van der Waals surface area contributed by atoms with Gasteiger partial charge in [0.1, 0.15) is 18.2 Å². The third-order valence-corrected chi connectivity index (χ3v) is 2.80. The Morgan fingerprint density at radius 2 is 2.11 bits per heavy atom. The molecule has 0 spiro atoms. The van der Waals surface area contributed by atoms with E-state index in [1.807, 2.05) is 0 Å². The summed E-state index contributed by atoms with van der Waals surface area (Å²) in [5.41, 5.74) is -0.537. The van der Waals surface area contributed by atoms with Crippen molar-refractivity contribution in [1.82, 2.24) is 0 Å². The van der Waals surface area contributed by atoms with Crippen molar-refractivity contribution in [1.29, 1.82) is 0 Å². The molecule has 1 aromatic rings. The lowest BCUT2D eigenvalue weighted by atomic mass is 10.1. The summed E-state index contributed by atoms with van der Waals surface area (Å²) < 4.78 is 37.0. The van der Waals surface area contributed by atoms with Gasteiger partial charge in [0, 0.05) is 6.61 Å². The van der Waals surface area contributed by atoms with E-state index in [2.05, 4.69) is 0 Å². The first-order valence-corrected chi connectivity index (χ1v) is 5.85. The number of hydrogen-bond acceptors (Lipinski definition) is 3. The summed E-state index contributed by atoms with van der Waals surface area (Å²) >= 11 is 0. The van der Waals surface area contributed by atoms with Gasteiger partial charge in [0.25, 0.3) is 0 Å². The number of carbonyl (C=O) groups is 1. The van der Waals surface area contributed by atoms with Gasteiger partial charge in [-0.25, -0.2) is 8.78 Å². The minimum Gasteiger partial charge on any atom is -0.376 e. The number of benzene rings is 1. The molecule has 1 fully saturated rings. The summed E-state index contributed by atoms with van der Waals surface area (Å²) in [6.07, 6.45) is 1.86. The number of rotatable bonds is 5. The SMILES string of the molecule is O=C(COCC1CCCO1)c1c(F)cccc1F. The van der Waals surface area contributed by atoms with Crippen molar-refractivity contribution >= 4 is 5.78 Å². The highest BCUT2D eigenvalue weighted by Crippen LogP contribution is 2.14. The zero-order valence-electron chi connectivity index (χ0n) is 9.83. The fourth-order valence-corrected chi connectivity index (χ4v) is 1.90. The average Bonchev–Trinajstić information content (AvgIpc) is 2.82. The number of ether oxygens (including phenoxy) is 2. The minimum atomic E-state index is -0.860. The second-order valence-corrected chi connectivity index (χ2v) is 4.17. The van der Waals surface area contributed by atoms with Crippen LogP contribution in [-0.2, 0) is 9.47 Å². The van der Waals surface area contributed by atoms with Gasteiger partial charge in [-0.2, -0.15) is 0 Å². The molecule has 1 unspecified atom stereocenters. The van der Waals surface area contributed by atoms with Crippen LogP contribution in [0.4, 0.5) is 8.78 Å². The Labute approximate surface area is 104 Å². The van der Waals surface area contributed by atoms with Crippen LogP contribution < -0.4 is 0 Å². The molecule has 1 atom stereocenters. The topological polar surface area (TPSA) is 35.5 Å². The molecule has 2 rings (SSSR count). The maximum Gasteiger partial charge on any atom is 0.194 e. The fourth-order valence-electron chi connectivity index (χ4n) is 1.90. The van der Waals surface area contributed by atoms with Crippen molar-refractivity contribution in [2.24, 2.45) is 0 Å². The predicted molar refractivity (Wildman–Crippen MR) is 60.5 cm³/mol. The molecule has 1 aromatic carbocycles. The van der Waals surface area contributed by atoms with Crippen LogP contribution >= 0.6 is 0 Å². The van der Waals surface area contributed by atoms with Gasteiger partial charge in [0.05, 0.1) is 18.3 Å². The lowest BCUT2D eigenvalue weighted by Crippen LogP contribution is -2.19. The Morgan fingerprint density at radius 1 is 1.39 bits per heavy atom. The van der Waals surface area contributed by atoms with Crippen LogP contribution in [0.2, 0.25) is 0 Å². The van der Waals surface area contributed by atoms with E-state index in [9.17, 15) is 13.6 Å². The highest BCUT2D eigenvalue weighted by atomic mass is 19.1. The van der Waals surface area contributed by atoms with Crippen molar-refractivity contribution in [3.05, 3.63) is 35.4 Å². The van der Waals surface area contributed by atoms with Crippen LogP contribution in [0, 0.1) is 11.6 Å². The molecule has 5 heteroatoms. The van der Waals surface area contributed by atoms with Crippen LogP contribution in [0.3, 0.4) is 0 Å².